The molecule has 0 aliphatic heterocycles. The van der Waals surface area contributed by atoms with E-state index in [0.29, 0.717) is 0 Å². The van der Waals surface area contributed by atoms with Gasteiger partial charge < -0.3 is 5.11 Å². The summed E-state index contributed by atoms with van der Waals surface area (Å²) >= 11 is 0. The van der Waals surface area contributed by atoms with Crippen LogP contribution in [-0.4, -0.2) is 35.7 Å². The topological polar surface area (TPSA) is 112 Å². The minimum Gasteiger partial charge on any atom is -0.480 e. The summed E-state index contributed by atoms with van der Waals surface area (Å²) in [5.41, 5.74) is 0. The van der Waals surface area contributed by atoms with Crippen LogP contribution in [0.25, 0.3) is 0 Å². The molecule has 90 valence electrons. The Morgan fingerprint density at radius 1 is 1.56 bits per heavy atom. The Kier molecular flexibility index (Phi) is 3.66. The first-order valence-electron chi connectivity index (χ1n) is 4.59. The third-order valence-corrected chi connectivity index (χ3v) is 3.35. The van der Waals surface area contributed by atoms with Crippen molar-refractivity contribution in [2.45, 2.75) is 24.9 Å². The Labute approximate surface area is 92.9 Å². The van der Waals surface area contributed by atoms with Crippen molar-refractivity contribution in [1.82, 2.24) is 14.9 Å². The second-order valence-electron chi connectivity index (χ2n) is 3.60. The van der Waals surface area contributed by atoms with E-state index in [1.165, 1.54) is 12.3 Å². The van der Waals surface area contributed by atoms with E-state index >= 15 is 0 Å². The van der Waals surface area contributed by atoms with Crippen LogP contribution in [0.5, 0.6) is 0 Å². The molecule has 0 unspecified atom stereocenters. The number of hydrogen-bond donors (Lipinski definition) is 3. The van der Waals surface area contributed by atoms with Gasteiger partial charge in [-0.2, -0.15) is 9.82 Å². The molecular formula is C8H13N3O4S. The number of aromatic amines is 1. The van der Waals surface area contributed by atoms with Crippen molar-refractivity contribution in [2.75, 3.05) is 0 Å². The zero-order chi connectivity index (χ0) is 12.3. The number of H-pyrrole nitrogens is 1. The molecule has 0 bridgehead atoms. The molecule has 1 atom stereocenters. The maximum Gasteiger partial charge on any atom is 0.322 e. The number of carboxylic acids is 1. The summed E-state index contributed by atoms with van der Waals surface area (Å²) in [4.78, 5) is 10.8. The lowest BCUT2D eigenvalue weighted by atomic mass is 10.1. The Bertz CT molecular complexity index is 452. The first kappa shape index (κ1) is 12.7. The van der Waals surface area contributed by atoms with Crippen molar-refractivity contribution in [1.29, 1.82) is 0 Å². The standard InChI is InChI=1S/C8H13N3O4S/c1-5(2)7(8(12)13)11-16(14,15)6-3-4-9-10-6/h3-5,7,11H,1-2H3,(H,9,10)(H,12,13)/t7-/m0/s1. The minimum absolute atomic E-state index is 0.153. The average molecular weight is 247 g/mol. The van der Waals surface area contributed by atoms with Crippen molar-refractivity contribution < 1.29 is 18.3 Å². The van der Waals surface area contributed by atoms with Gasteiger partial charge in [-0.3, -0.25) is 9.89 Å². The summed E-state index contributed by atoms with van der Waals surface area (Å²) in [6, 6.07) is 0.0926. The molecule has 0 fully saturated rings. The predicted octanol–water partition coefficient (Wildman–Crippen LogP) is -0.203. The molecule has 16 heavy (non-hydrogen) atoms. The van der Waals surface area contributed by atoms with Gasteiger partial charge in [0.1, 0.15) is 6.04 Å². The molecule has 7 nitrogen and oxygen atoms in total. The van der Waals surface area contributed by atoms with E-state index < -0.39 is 22.0 Å². The van der Waals surface area contributed by atoms with Gasteiger partial charge in [0, 0.05) is 0 Å². The third-order valence-electron chi connectivity index (χ3n) is 1.98. The van der Waals surface area contributed by atoms with Crippen LogP contribution in [0.1, 0.15) is 13.8 Å². The van der Waals surface area contributed by atoms with Crippen LogP contribution in [0.15, 0.2) is 17.3 Å². The molecule has 1 rings (SSSR count). The molecule has 0 radical (unpaired) electrons. The highest BCUT2D eigenvalue weighted by molar-refractivity contribution is 7.89. The zero-order valence-corrected chi connectivity index (χ0v) is 9.65. The fraction of sp³-hybridized carbons (Fsp3) is 0.500. The Morgan fingerprint density at radius 2 is 2.19 bits per heavy atom. The van der Waals surface area contributed by atoms with E-state index in [1.54, 1.807) is 13.8 Å². The summed E-state index contributed by atoms with van der Waals surface area (Å²) in [6.45, 7) is 3.24. The molecule has 0 spiro atoms. The van der Waals surface area contributed by atoms with Gasteiger partial charge in [0.05, 0.1) is 6.20 Å². The number of carboxylic acid groups (broad SMARTS) is 1. The molecule has 1 aromatic heterocycles. The maximum absolute atomic E-state index is 11.7. The summed E-state index contributed by atoms with van der Waals surface area (Å²) in [5.74, 6) is -1.56. The first-order chi connectivity index (χ1) is 7.34. The fourth-order valence-corrected chi connectivity index (χ4v) is 2.34. The summed E-state index contributed by atoms with van der Waals surface area (Å²) in [5, 5.41) is 14.5. The average Bonchev–Trinajstić information content (AvgIpc) is 2.66. The van der Waals surface area contributed by atoms with Crippen molar-refractivity contribution in [3.63, 3.8) is 0 Å². The van der Waals surface area contributed by atoms with Gasteiger partial charge in [-0.05, 0) is 12.0 Å². The number of aromatic nitrogens is 2. The Balaban J connectivity index is 2.92. The zero-order valence-electron chi connectivity index (χ0n) is 8.84. The van der Waals surface area contributed by atoms with Gasteiger partial charge in [-0.15, -0.1) is 0 Å². The molecule has 8 heteroatoms. The number of rotatable bonds is 5. The van der Waals surface area contributed by atoms with Crippen LogP contribution in [0.2, 0.25) is 0 Å². The van der Waals surface area contributed by atoms with Crippen LogP contribution >= 0.6 is 0 Å². The predicted molar refractivity (Wildman–Crippen MR) is 55.2 cm³/mol. The SMILES string of the molecule is CC(C)[C@H](NS(=O)(=O)c1ccn[nH]1)C(=O)O. The number of nitrogens with zero attached hydrogens (tertiary/aromatic N) is 1. The lowest BCUT2D eigenvalue weighted by molar-refractivity contribution is -0.140. The Hall–Kier alpha value is -1.41. The molecular weight excluding hydrogens is 234 g/mol. The summed E-state index contributed by atoms with van der Waals surface area (Å²) in [6.07, 6.45) is 1.28. The van der Waals surface area contributed by atoms with Crippen molar-refractivity contribution >= 4 is 16.0 Å². The van der Waals surface area contributed by atoms with Crippen molar-refractivity contribution in [3.8, 4) is 0 Å². The van der Waals surface area contributed by atoms with Gasteiger partial charge in [-0.25, -0.2) is 8.42 Å². The number of carbonyl (C=O) groups is 1. The number of nitrogens with one attached hydrogen (secondary N) is 2. The molecule has 0 saturated heterocycles. The molecule has 1 aromatic rings. The molecule has 0 saturated carbocycles. The summed E-state index contributed by atoms with van der Waals surface area (Å²) < 4.78 is 25.4. The molecule has 3 N–H and O–H groups in total. The quantitative estimate of drug-likeness (QED) is 0.667. The first-order valence-corrected chi connectivity index (χ1v) is 6.07. The second kappa shape index (κ2) is 4.62. The highest BCUT2D eigenvalue weighted by Crippen LogP contribution is 2.08. The molecule has 0 aliphatic rings. The number of hydrogen-bond acceptors (Lipinski definition) is 4. The van der Waals surface area contributed by atoms with E-state index in [2.05, 4.69) is 14.9 Å². The van der Waals surface area contributed by atoms with Crippen LogP contribution in [-0.2, 0) is 14.8 Å². The number of sulfonamides is 1. The smallest absolute Gasteiger partial charge is 0.322 e. The normalized spacial score (nSPS) is 13.9. The van der Waals surface area contributed by atoms with E-state index in [0.717, 1.165) is 0 Å². The van der Waals surface area contributed by atoms with E-state index in [9.17, 15) is 13.2 Å². The second-order valence-corrected chi connectivity index (χ2v) is 5.28. The van der Waals surface area contributed by atoms with Gasteiger partial charge in [0.25, 0.3) is 10.0 Å². The van der Waals surface area contributed by atoms with Gasteiger partial charge in [-0.1, -0.05) is 13.8 Å². The van der Waals surface area contributed by atoms with Gasteiger partial charge in [0.15, 0.2) is 5.03 Å². The number of aliphatic carboxylic acids is 1. The largest absolute Gasteiger partial charge is 0.480 e. The molecule has 0 amide bonds. The van der Waals surface area contributed by atoms with E-state index in [1.807, 2.05) is 0 Å². The van der Waals surface area contributed by atoms with Crippen LogP contribution < -0.4 is 4.72 Å². The molecule has 1 heterocycles. The lowest BCUT2D eigenvalue weighted by Gasteiger charge is -2.16. The third kappa shape index (κ3) is 2.80. The molecule has 0 aromatic carbocycles. The molecule has 0 aliphatic carbocycles. The maximum atomic E-state index is 11.7. The van der Waals surface area contributed by atoms with Gasteiger partial charge in [0.2, 0.25) is 0 Å². The van der Waals surface area contributed by atoms with E-state index in [4.69, 9.17) is 5.11 Å². The highest BCUT2D eigenvalue weighted by atomic mass is 32.2. The van der Waals surface area contributed by atoms with E-state index in [-0.39, 0.29) is 10.9 Å². The highest BCUT2D eigenvalue weighted by Gasteiger charge is 2.28. The van der Waals surface area contributed by atoms with Crippen LogP contribution in [0, 0.1) is 5.92 Å². The Morgan fingerprint density at radius 3 is 2.56 bits per heavy atom. The fourth-order valence-electron chi connectivity index (χ4n) is 1.10. The minimum atomic E-state index is -3.86. The van der Waals surface area contributed by atoms with Crippen molar-refractivity contribution in [3.05, 3.63) is 12.3 Å². The summed E-state index contributed by atoms with van der Waals surface area (Å²) in [7, 11) is -3.86. The van der Waals surface area contributed by atoms with Crippen LogP contribution in [0.3, 0.4) is 0 Å². The van der Waals surface area contributed by atoms with Gasteiger partial charge >= 0.3 is 5.97 Å². The monoisotopic (exact) mass is 247 g/mol. The lowest BCUT2D eigenvalue weighted by Crippen LogP contribution is -2.44. The van der Waals surface area contributed by atoms with Crippen LogP contribution in [0.4, 0.5) is 0 Å². The van der Waals surface area contributed by atoms with Crippen molar-refractivity contribution in [2.24, 2.45) is 5.92 Å².